The monoisotopic (exact) mass is 405 g/mol. The van der Waals surface area contributed by atoms with E-state index in [2.05, 4.69) is 5.32 Å². The molecule has 5 nitrogen and oxygen atoms in total. The van der Waals surface area contributed by atoms with Crippen molar-refractivity contribution in [2.75, 3.05) is 7.11 Å². The van der Waals surface area contributed by atoms with Crippen LogP contribution in [-0.4, -0.2) is 23.3 Å². The summed E-state index contributed by atoms with van der Waals surface area (Å²) < 4.78 is 11.1. The number of thiocarbonyl (C=S) groups is 1. The SMILES string of the molecule is COc1cc(/C=C2\SC(=S)NC2=O)ccc1OC(=O)c1ccccc1Cl. The minimum atomic E-state index is -0.587. The molecule has 0 unspecified atom stereocenters. The molecule has 3 rings (SSSR count). The molecule has 1 amide bonds. The molecular formula is C18H12ClNO4S2. The Bertz CT molecular complexity index is 943. The molecule has 8 heteroatoms. The van der Waals surface area contributed by atoms with Gasteiger partial charge in [0, 0.05) is 0 Å². The predicted octanol–water partition coefficient (Wildman–Crippen LogP) is 4.06. The topological polar surface area (TPSA) is 64.6 Å². The van der Waals surface area contributed by atoms with E-state index in [9.17, 15) is 9.59 Å². The standard InChI is InChI=1S/C18H12ClNO4S2/c1-23-14-8-10(9-15-16(21)20-18(25)26-15)6-7-13(14)24-17(22)11-4-2-3-5-12(11)19/h2-9H,1H3,(H,20,21,25)/b15-9-. The molecule has 0 aliphatic carbocycles. The number of carbonyl (C=O) groups is 2. The van der Waals surface area contributed by atoms with Gasteiger partial charge in [0.05, 0.1) is 22.6 Å². The highest BCUT2D eigenvalue weighted by Crippen LogP contribution is 2.32. The molecule has 2 aromatic rings. The third kappa shape index (κ3) is 4.07. The van der Waals surface area contributed by atoms with Crippen molar-refractivity contribution in [3.63, 3.8) is 0 Å². The highest BCUT2D eigenvalue weighted by molar-refractivity contribution is 8.26. The number of methoxy groups -OCH3 is 1. The Morgan fingerprint density at radius 1 is 1.23 bits per heavy atom. The predicted molar refractivity (Wildman–Crippen MR) is 106 cm³/mol. The number of thioether (sulfide) groups is 1. The summed E-state index contributed by atoms with van der Waals surface area (Å²) in [5, 5.41) is 2.85. The van der Waals surface area contributed by atoms with Gasteiger partial charge < -0.3 is 14.8 Å². The highest BCUT2D eigenvalue weighted by Gasteiger charge is 2.22. The first-order chi connectivity index (χ1) is 12.5. The number of hydrogen-bond acceptors (Lipinski definition) is 6. The van der Waals surface area contributed by atoms with E-state index in [1.165, 1.54) is 18.9 Å². The summed E-state index contributed by atoms with van der Waals surface area (Å²) in [6, 6.07) is 11.6. The Morgan fingerprint density at radius 3 is 2.65 bits per heavy atom. The fourth-order valence-corrected chi connectivity index (χ4v) is 3.47. The zero-order chi connectivity index (χ0) is 18.7. The first kappa shape index (κ1) is 18.4. The molecule has 0 atom stereocenters. The maximum absolute atomic E-state index is 12.3. The number of hydrogen-bond donors (Lipinski definition) is 1. The number of halogens is 1. The van der Waals surface area contributed by atoms with Crippen LogP contribution < -0.4 is 14.8 Å². The third-order valence-electron chi connectivity index (χ3n) is 3.42. The fraction of sp³-hybridized carbons (Fsp3) is 0.0556. The van der Waals surface area contributed by atoms with Crippen molar-refractivity contribution >= 4 is 57.9 Å². The number of ether oxygens (including phenoxy) is 2. The van der Waals surface area contributed by atoms with Crippen LogP contribution in [0.1, 0.15) is 15.9 Å². The van der Waals surface area contributed by atoms with Crippen LogP contribution in [0.5, 0.6) is 11.5 Å². The van der Waals surface area contributed by atoms with Crippen LogP contribution in [0.15, 0.2) is 47.4 Å². The average molecular weight is 406 g/mol. The summed E-state index contributed by atoms with van der Waals surface area (Å²) >= 11 is 12.2. The van der Waals surface area contributed by atoms with Crippen LogP contribution in [0.25, 0.3) is 6.08 Å². The van der Waals surface area contributed by atoms with E-state index in [0.717, 1.165) is 0 Å². The van der Waals surface area contributed by atoms with E-state index in [1.54, 1.807) is 48.5 Å². The van der Waals surface area contributed by atoms with Crippen LogP contribution in [0.3, 0.4) is 0 Å². The Hall–Kier alpha value is -2.35. The maximum Gasteiger partial charge on any atom is 0.345 e. The highest BCUT2D eigenvalue weighted by atomic mass is 35.5. The van der Waals surface area contributed by atoms with Gasteiger partial charge in [0.1, 0.15) is 4.32 Å². The first-order valence-corrected chi connectivity index (χ1v) is 8.98. The van der Waals surface area contributed by atoms with Gasteiger partial charge in [-0.3, -0.25) is 4.79 Å². The molecule has 0 saturated carbocycles. The molecule has 1 N–H and O–H groups in total. The lowest BCUT2D eigenvalue weighted by Gasteiger charge is -2.10. The molecule has 0 spiro atoms. The Kier molecular flexibility index (Phi) is 5.61. The van der Waals surface area contributed by atoms with E-state index in [4.69, 9.17) is 33.3 Å². The van der Waals surface area contributed by atoms with Gasteiger partial charge in [-0.25, -0.2) is 4.79 Å². The van der Waals surface area contributed by atoms with E-state index in [-0.39, 0.29) is 17.2 Å². The molecule has 1 aliphatic rings. The lowest BCUT2D eigenvalue weighted by atomic mass is 10.2. The van der Waals surface area contributed by atoms with E-state index in [1.807, 2.05) is 0 Å². The number of carbonyl (C=O) groups excluding carboxylic acids is 2. The zero-order valence-electron chi connectivity index (χ0n) is 13.4. The number of nitrogens with one attached hydrogen (secondary N) is 1. The number of benzene rings is 2. The van der Waals surface area contributed by atoms with Crippen molar-refractivity contribution in [1.29, 1.82) is 0 Å². The molecule has 1 aliphatic heterocycles. The minimum Gasteiger partial charge on any atom is -0.493 e. The molecule has 0 bridgehead atoms. The molecule has 132 valence electrons. The van der Waals surface area contributed by atoms with Crippen molar-refractivity contribution in [3.05, 3.63) is 63.5 Å². The lowest BCUT2D eigenvalue weighted by molar-refractivity contribution is -0.115. The normalized spacial score (nSPS) is 15.1. The minimum absolute atomic E-state index is 0.242. The summed E-state index contributed by atoms with van der Waals surface area (Å²) in [7, 11) is 1.46. The van der Waals surface area contributed by atoms with Crippen LogP contribution in [-0.2, 0) is 4.79 Å². The van der Waals surface area contributed by atoms with Gasteiger partial charge in [-0.15, -0.1) is 0 Å². The van der Waals surface area contributed by atoms with Gasteiger partial charge in [-0.1, -0.05) is 53.8 Å². The quantitative estimate of drug-likeness (QED) is 0.358. The second-order valence-electron chi connectivity index (χ2n) is 5.13. The average Bonchev–Trinajstić information content (AvgIpc) is 2.93. The lowest BCUT2D eigenvalue weighted by Crippen LogP contribution is -2.17. The van der Waals surface area contributed by atoms with Crippen LogP contribution in [0.4, 0.5) is 0 Å². The molecular weight excluding hydrogens is 394 g/mol. The number of esters is 1. The summed E-state index contributed by atoms with van der Waals surface area (Å²) in [5.74, 6) is -0.228. The molecule has 0 radical (unpaired) electrons. The van der Waals surface area contributed by atoms with Gasteiger partial charge >= 0.3 is 5.97 Å². The molecule has 26 heavy (non-hydrogen) atoms. The van der Waals surface area contributed by atoms with Crippen LogP contribution in [0.2, 0.25) is 5.02 Å². The van der Waals surface area contributed by atoms with Gasteiger partial charge in [0.2, 0.25) is 0 Å². The van der Waals surface area contributed by atoms with Gasteiger partial charge in [0.15, 0.2) is 11.5 Å². The maximum atomic E-state index is 12.3. The largest absolute Gasteiger partial charge is 0.493 e. The van der Waals surface area contributed by atoms with Crippen LogP contribution >= 0.6 is 35.6 Å². The van der Waals surface area contributed by atoms with E-state index >= 15 is 0 Å². The Balaban J connectivity index is 1.85. The number of amides is 1. The van der Waals surface area contributed by atoms with Crippen molar-refractivity contribution in [2.24, 2.45) is 0 Å². The molecule has 0 aromatic heterocycles. The van der Waals surface area contributed by atoms with Crippen molar-refractivity contribution < 1.29 is 19.1 Å². The molecule has 1 saturated heterocycles. The zero-order valence-corrected chi connectivity index (χ0v) is 15.8. The summed E-state index contributed by atoms with van der Waals surface area (Å²) in [4.78, 5) is 24.5. The van der Waals surface area contributed by atoms with Crippen LogP contribution in [0, 0.1) is 0 Å². The third-order valence-corrected chi connectivity index (χ3v) is 4.92. The summed E-state index contributed by atoms with van der Waals surface area (Å²) in [6.07, 6.45) is 1.68. The second-order valence-corrected chi connectivity index (χ2v) is 7.26. The second kappa shape index (κ2) is 7.90. The smallest absolute Gasteiger partial charge is 0.345 e. The summed E-state index contributed by atoms with van der Waals surface area (Å²) in [6.45, 7) is 0. The number of rotatable bonds is 4. The van der Waals surface area contributed by atoms with Crippen molar-refractivity contribution in [2.45, 2.75) is 0 Å². The Morgan fingerprint density at radius 2 is 2.00 bits per heavy atom. The van der Waals surface area contributed by atoms with Gasteiger partial charge in [-0.2, -0.15) is 0 Å². The van der Waals surface area contributed by atoms with Crippen molar-refractivity contribution in [1.82, 2.24) is 5.32 Å². The van der Waals surface area contributed by atoms with Gasteiger partial charge in [-0.05, 0) is 35.9 Å². The Labute approximate surface area is 164 Å². The molecule has 2 aromatic carbocycles. The van der Waals surface area contributed by atoms with Gasteiger partial charge in [0.25, 0.3) is 5.91 Å². The van der Waals surface area contributed by atoms with E-state index < -0.39 is 5.97 Å². The van der Waals surface area contributed by atoms with E-state index in [0.29, 0.717) is 25.6 Å². The van der Waals surface area contributed by atoms with Crippen molar-refractivity contribution in [3.8, 4) is 11.5 Å². The fourth-order valence-electron chi connectivity index (χ4n) is 2.21. The summed E-state index contributed by atoms with van der Waals surface area (Å²) in [5.41, 5.74) is 0.969. The molecule has 1 fully saturated rings. The first-order valence-electron chi connectivity index (χ1n) is 7.37. The molecule has 1 heterocycles.